The molecule has 3 rings (SSSR count). The van der Waals surface area contributed by atoms with Crippen molar-refractivity contribution in [3.8, 4) is 0 Å². The second kappa shape index (κ2) is 10.0. The van der Waals surface area contributed by atoms with Crippen LogP contribution >= 0.6 is 0 Å². The number of hydrogen-bond donors (Lipinski definition) is 3. The van der Waals surface area contributed by atoms with E-state index in [9.17, 15) is 4.79 Å². The van der Waals surface area contributed by atoms with E-state index >= 15 is 0 Å². The number of benzene rings is 2. The minimum absolute atomic E-state index is 0.189. The van der Waals surface area contributed by atoms with Crippen molar-refractivity contribution < 1.29 is 4.79 Å². The first-order chi connectivity index (χ1) is 14.1. The minimum atomic E-state index is -0.189. The van der Waals surface area contributed by atoms with Crippen LogP contribution in [0.5, 0.6) is 0 Å². The number of urea groups is 1. The molecule has 0 bridgehead atoms. The van der Waals surface area contributed by atoms with Gasteiger partial charge in [-0.05, 0) is 54.5 Å². The molecule has 0 aromatic heterocycles. The maximum atomic E-state index is 12.2. The fourth-order valence-electron chi connectivity index (χ4n) is 3.98. The summed E-state index contributed by atoms with van der Waals surface area (Å²) >= 11 is 0. The normalized spacial score (nSPS) is 16.3. The molecule has 5 heteroatoms. The molecule has 1 fully saturated rings. The van der Waals surface area contributed by atoms with Gasteiger partial charge >= 0.3 is 6.03 Å². The fraction of sp³-hybridized carbons (Fsp3) is 0.375. The molecule has 4 N–H and O–H groups in total. The lowest BCUT2D eigenvalue weighted by atomic mass is 9.90. The van der Waals surface area contributed by atoms with E-state index in [2.05, 4.69) is 53.3 Å². The van der Waals surface area contributed by atoms with Crippen molar-refractivity contribution in [1.29, 1.82) is 0 Å². The van der Waals surface area contributed by atoms with Crippen LogP contribution in [0.1, 0.15) is 48.9 Å². The van der Waals surface area contributed by atoms with Crippen molar-refractivity contribution >= 4 is 11.7 Å². The van der Waals surface area contributed by atoms with Gasteiger partial charge < -0.3 is 21.3 Å². The number of carbonyl (C=O) groups excluding carboxylic acids is 1. The highest BCUT2D eigenvalue weighted by molar-refractivity contribution is 5.74. The molecule has 1 unspecified atom stereocenters. The van der Waals surface area contributed by atoms with Gasteiger partial charge in [0, 0.05) is 24.5 Å². The molecule has 1 atom stereocenters. The van der Waals surface area contributed by atoms with Crippen LogP contribution in [0.4, 0.5) is 10.5 Å². The summed E-state index contributed by atoms with van der Waals surface area (Å²) in [5.74, 6) is 0. The van der Waals surface area contributed by atoms with Crippen molar-refractivity contribution in [3.63, 3.8) is 0 Å². The average Bonchev–Trinajstić information content (AvgIpc) is 2.77. The number of carbonyl (C=O) groups is 1. The summed E-state index contributed by atoms with van der Waals surface area (Å²) in [7, 11) is 0. The van der Waals surface area contributed by atoms with E-state index in [1.807, 2.05) is 24.3 Å². The van der Waals surface area contributed by atoms with Gasteiger partial charge in [0.05, 0.1) is 12.6 Å². The molecule has 2 aromatic rings. The Bertz CT molecular complexity index is 831. The maximum Gasteiger partial charge on any atom is 0.315 e. The van der Waals surface area contributed by atoms with E-state index in [0.29, 0.717) is 19.1 Å². The monoisotopic (exact) mass is 392 g/mol. The molecule has 0 spiro atoms. The molecular formula is C24H32N4O. The van der Waals surface area contributed by atoms with E-state index in [4.69, 9.17) is 5.73 Å². The van der Waals surface area contributed by atoms with E-state index < -0.39 is 0 Å². The zero-order valence-corrected chi connectivity index (χ0v) is 17.3. The Morgan fingerprint density at radius 2 is 1.90 bits per heavy atom. The Morgan fingerprint density at radius 1 is 1.14 bits per heavy atom. The van der Waals surface area contributed by atoms with Gasteiger partial charge in [0.2, 0.25) is 0 Å². The number of nitrogens with two attached hydrogens (primary N) is 1. The highest BCUT2D eigenvalue weighted by Crippen LogP contribution is 2.35. The zero-order valence-electron chi connectivity index (χ0n) is 17.3. The first-order valence-corrected chi connectivity index (χ1v) is 10.5. The standard InChI is InChI=1S/C24H32N4O/c1-3-20-8-4-5-9-22(20)23-10-6-7-15-28(23)18(2)16-26-24(29)27-17-19-11-13-21(25)14-12-19/h4-5,8-9,11-14,23H,2-3,6-7,10,15-17,25H2,1H3,(H2,26,27,29). The fourth-order valence-corrected chi connectivity index (χ4v) is 3.98. The van der Waals surface area contributed by atoms with Gasteiger partial charge in [0.1, 0.15) is 0 Å². The van der Waals surface area contributed by atoms with Crippen molar-refractivity contribution in [1.82, 2.24) is 15.5 Å². The number of hydrogen-bond acceptors (Lipinski definition) is 3. The number of anilines is 1. The molecule has 1 heterocycles. The number of nitrogens with one attached hydrogen (secondary N) is 2. The first-order valence-electron chi connectivity index (χ1n) is 10.5. The number of piperidine rings is 1. The molecule has 0 radical (unpaired) electrons. The smallest absolute Gasteiger partial charge is 0.315 e. The summed E-state index contributed by atoms with van der Waals surface area (Å²) in [5, 5.41) is 5.83. The summed E-state index contributed by atoms with van der Waals surface area (Å²) in [4.78, 5) is 14.6. The third-order valence-corrected chi connectivity index (χ3v) is 5.59. The minimum Gasteiger partial charge on any atom is -0.399 e. The average molecular weight is 393 g/mol. The van der Waals surface area contributed by atoms with Crippen LogP contribution in [-0.2, 0) is 13.0 Å². The van der Waals surface area contributed by atoms with Gasteiger partial charge in [-0.2, -0.15) is 0 Å². The van der Waals surface area contributed by atoms with Crippen molar-refractivity contribution in [2.24, 2.45) is 0 Å². The molecule has 2 aromatic carbocycles. The van der Waals surface area contributed by atoms with Gasteiger partial charge in [0.25, 0.3) is 0 Å². The predicted molar refractivity (Wildman–Crippen MR) is 119 cm³/mol. The highest BCUT2D eigenvalue weighted by atomic mass is 16.2. The van der Waals surface area contributed by atoms with Gasteiger partial charge in [0.15, 0.2) is 0 Å². The Hall–Kier alpha value is -2.95. The summed E-state index contributed by atoms with van der Waals surface area (Å²) in [6, 6.07) is 16.3. The van der Waals surface area contributed by atoms with Crippen molar-refractivity contribution in [2.45, 2.75) is 45.2 Å². The second-order valence-corrected chi connectivity index (χ2v) is 7.60. The summed E-state index contributed by atoms with van der Waals surface area (Å²) in [6.07, 6.45) is 4.54. The lowest BCUT2D eigenvalue weighted by Crippen LogP contribution is -2.41. The highest BCUT2D eigenvalue weighted by Gasteiger charge is 2.26. The lowest BCUT2D eigenvalue weighted by Gasteiger charge is -2.40. The Labute approximate surface area is 174 Å². The third-order valence-electron chi connectivity index (χ3n) is 5.59. The van der Waals surface area contributed by atoms with Crippen LogP contribution in [0.25, 0.3) is 0 Å². The van der Waals surface area contributed by atoms with E-state index in [0.717, 1.165) is 42.8 Å². The number of likely N-dealkylation sites (tertiary alicyclic amines) is 1. The number of rotatable bonds is 7. The van der Waals surface area contributed by atoms with Crippen LogP contribution in [0.3, 0.4) is 0 Å². The molecule has 2 amide bonds. The molecule has 154 valence electrons. The molecule has 5 nitrogen and oxygen atoms in total. The summed E-state index contributed by atoms with van der Waals surface area (Å²) < 4.78 is 0. The zero-order chi connectivity index (χ0) is 20.6. The van der Waals surface area contributed by atoms with Crippen molar-refractivity contribution in [2.75, 3.05) is 18.8 Å². The van der Waals surface area contributed by atoms with Crippen LogP contribution < -0.4 is 16.4 Å². The predicted octanol–water partition coefficient (Wildman–Crippen LogP) is 4.37. The Kier molecular flexibility index (Phi) is 7.17. The lowest BCUT2D eigenvalue weighted by molar-refractivity contribution is 0.190. The topological polar surface area (TPSA) is 70.4 Å². The van der Waals surface area contributed by atoms with Crippen LogP contribution in [0, 0.1) is 0 Å². The SMILES string of the molecule is C=C(CNC(=O)NCc1ccc(N)cc1)N1CCCCC1c1ccccc1CC. The first kappa shape index (κ1) is 20.8. The quantitative estimate of drug-likeness (QED) is 0.613. The van der Waals surface area contributed by atoms with Gasteiger partial charge in [-0.3, -0.25) is 0 Å². The molecule has 1 aliphatic heterocycles. The number of nitrogens with zero attached hydrogens (tertiary/aromatic N) is 1. The Morgan fingerprint density at radius 3 is 2.66 bits per heavy atom. The largest absolute Gasteiger partial charge is 0.399 e. The molecule has 1 saturated heterocycles. The Balaban J connectivity index is 1.55. The third kappa shape index (κ3) is 5.53. The van der Waals surface area contributed by atoms with Gasteiger partial charge in [-0.25, -0.2) is 4.79 Å². The van der Waals surface area contributed by atoms with Crippen LogP contribution in [-0.4, -0.2) is 24.0 Å². The van der Waals surface area contributed by atoms with Crippen molar-refractivity contribution in [3.05, 3.63) is 77.5 Å². The van der Waals surface area contributed by atoms with E-state index in [-0.39, 0.29) is 6.03 Å². The number of nitrogen functional groups attached to an aromatic ring is 1. The van der Waals surface area contributed by atoms with E-state index in [1.165, 1.54) is 17.5 Å². The van der Waals surface area contributed by atoms with Crippen LogP contribution in [0.2, 0.25) is 0 Å². The van der Waals surface area contributed by atoms with Gasteiger partial charge in [-0.1, -0.05) is 49.9 Å². The second-order valence-electron chi connectivity index (χ2n) is 7.60. The number of aryl methyl sites for hydroxylation is 1. The van der Waals surface area contributed by atoms with Gasteiger partial charge in [-0.15, -0.1) is 0 Å². The molecule has 29 heavy (non-hydrogen) atoms. The molecule has 0 aliphatic carbocycles. The maximum absolute atomic E-state index is 12.2. The summed E-state index contributed by atoms with van der Waals surface area (Å²) in [6.45, 7) is 8.37. The van der Waals surface area contributed by atoms with Crippen LogP contribution in [0.15, 0.2) is 60.8 Å². The molecule has 1 aliphatic rings. The molecular weight excluding hydrogens is 360 g/mol. The summed E-state index contributed by atoms with van der Waals surface area (Å²) in [5.41, 5.74) is 11.2. The molecule has 0 saturated carbocycles. The van der Waals surface area contributed by atoms with E-state index in [1.54, 1.807) is 0 Å². The number of amides is 2.